The summed E-state index contributed by atoms with van der Waals surface area (Å²) < 4.78 is 80.2. The number of nitrogens with one attached hydrogen (secondary N) is 1. The van der Waals surface area contributed by atoms with Crippen LogP contribution in [0.4, 0.5) is 26.3 Å². The van der Waals surface area contributed by atoms with Crippen LogP contribution in [0.3, 0.4) is 0 Å². The number of alkyl halides is 6. The molecule has 6 nitrogen and oxygen atoms in total. The van der Waals surface area contributed by atoms with Crippen LogP contribution in [0, 0.1) is 6.92 Å². The molecule has 1 fully saturated rings. The quantitative estimate of drug-likeness (QED) is 0.281. The zero-order chi connectivity index (χ0) is 29.7. The Kier molecular flexibility index (Phi) is 10.0. The molecule has 1 aliphatic rings. The zero-order valence-electron chi connectivity index (χ0n) is 22.8. The molecule has 2 heterocycles. The number of carbonyl (C=O) groups excluding carboxylic acids is 1. The van der Waals surface area contributed by atoms with Crippen LogP contribution in [0.5, 0.6) is 0 Å². The maximum Gasteiger partial charge on any atom is 0.416 e. The van der Waals surface area contributed by atoms with E-state index in [1.807, 2.05) is 19.2 Å². The van der Waals surface area contributed by atoms with Crippen molar-refractivity contribution in [2.75, 3.05) is 53.9 Å². The fraction of sp³-hybridized carbons (Fsp3) is 0.429. The lowest BCUT2D eigenvalue weighted by Crippen LogP contribution is -2.44. The molecule has 1 N–H and O–H groups in total. The number of rotatable bonds is 8. The number of hydrogen-bond donors (Lipinski definition) is 1. The Morgan fingerprint density at radius 2 is 1.65 bits per heavy atom. The molecule has 0 aliphatic carbocycles. The summed E-state index contributed by atoms with van der Waals surface area (Å²) in [4.78, 5) is 23.6. The topological polar surface area (TPSA) is 51.7 Å². The highest BCUT2D eigenvalue weighted by Gasteiger charge is 2.37. The number of halogens is 6. The summed E-state index contributed by atoms with van der Waals surface area (Å²) in [6.07, 6.45) is -4.94. The maximum absolute atomic E-state index is 13.7. The average Bonchev–Trinajstić information content (AvgIpc) is 2.88. The fourth-order valence-corrected chi connectivity index (χ4v) is 4.45. The Labute approximate surface area is 230 Å². The van der Waals surface area contributed by atoms with Gasteiger partial charge in [0.25, 0.3) is 5.91 Å². The minimum absolute atomic E-state index is 0.0715. The Morgan fingerprint density at radius 1 is 1.05 bits per heavy atom. The van der Waals surface area contributed by atoms with Crippen LogP contribution in [-0.4, -0.2) is 79.5 Å². The van der Waals surface area contributed by atoms with Crippen LogP contribution in [0.1, 0.15) is 27.9 Å². The smallest absolute Gasteiger partial charge is 0.393 e. The van der Waals surface area contributed by atoms with Crippen LogP contribution < -0.4 is 5.32 Å². The third-order valence-corrected chi connectivity index (χ3v) is 6.67. The molecule has 1 aromatic heterocycles. The Hall–Kier alpha value is -3.38. The van der Waals surface area contributed by atoms with Gasteiger partial charge in [-0.25, -0.2) is 0 Å². The van der Waals surface area contributed by atoms with E-state index < -0.39 is 35.9 Å². The second kappa shape index (κ2) is 12.9. The number of benzene rings is 1. The van der Waals surface area contributed by atoms with Crippen molar-refractivity contribution in [2.24, 2.45) is 0 Å². The number of nitrogens with zero attached hydrogens (tertiary/aromatic N) is 4. The van der Waals surface area contributed by atoms with Gasteiger partial charge in [-0.1, -0.05) is 12.1 Å². The third-order valence-electron chi connectivity index (χ3n) is 6.67. The van der Waals surface area contributed by atoms with Gasteiger partial charge in [0, 0.05) is 77.0 Å². The summed E-state index contributed by atoms with van der Waals surface area (Å²) in [6, 6.07) is 4.89. The van der Waals surface area contributed by atoms with E-state index in [1.54, 1.807) is 26.2 Å². The molecule has 1 amide bonds. The predicted octanol–water partition coefficient (Wildman–Crippen LogP) is 4.82. The summed E-state index contributed by atoms with van der Waals surface area (Å²) in [6.45, 7) is 5.33. The van der Waals surface area contributed by atoms with Crippen molar-refractivity contribution in [3.8, 4) is 0 Å². The van der Waals surface area contributed by atoms with Crippen LogP contribution in [0.25, 0.3) is 5.57 Å². The molecule has 0 radical (unpaired) electrons. The van der Waals surface area contributed by atoms with Crippen LogP contribution >= 0.6 is 0 Å². The zero-order valence-corrected chi connectivity index (χ0v) is 22.8. The van der Waals surface area contributed by atoms with E-state index in [0.717, 1.165) is 31.1 Å². The van der Waals surface area contributed by atoms with E-state index in [-0.39, 0.29) is 17.2 Å². The lowest BCUT2D eigenvalue weighted by molar-refractivity contribution is -0.143. The summed E-state index contributed by atoms with van der Waals surface area (Å²) in [5.74, 6) is -0.576. The molecule has 3 rings (SSSR count). The van der Waals surface area contributed by atoms with Crippen molar-refractivity contribution in [1.82, 2.24) is 25.0 Å². The van der Waals surface area contributed by atoms with Gasteiger partial charge < -0.3 is 15.1 Å². The molecule has 0 atom stereocenters. The minimum Gasteiger partial charge on any atom is -0.393 e. The lowest BCUT2D eigenvalue weighted by atomic mass is 9.95. The van der Waals surface area contributed by atoms with Gasteiger partial charge in [0.05, 0.1) is 16.7 Å². The second-order valence-electron chi connectivity index (χ2n) is 9.78. The van der Waals surface area contributed by atoms with Crippen molar-refractivity contribution in [3.05, 3.63) is 82.3 Å². The Balaban J connectivity index is 1.97. The fourth-order valence-electron chi connectivity index (χ4n) is 4.45. The Bertz CT molecular complexity index is 1210. The first-order valence-corrected chi connectivity index (χ1v) is 12.7. The predicted molar refractivity (Wildman–Crippen MR) is 141 cm³/mol. The summed E-state index contributed by atoms with van der Waals surface area (Å²) in [5.41, 5.74) is -1.02. The molecule has 0 bridgehead atoms. The first kappa shape index (κ1) is 31.2. The monoisotopic (exact) mass is 569 g/mol. The highest BCUT2D eigenvalue weighted by atomic mass is 19.4. The third kappa shape index (κ3) is 8.07. The lowest BCUT2D eigenvalue weighted by Gasteiger charge is -2.32. The van der Waals surface area contributed by atoms with Gasteiger partial charge in [0.1, 0.15) is 0 Å². The number of carbonyl (C=O) groups is 1. The van der Waals surface area contributed by atoms with Gasteiger partial charge in [0.15, 0.2) is 0 Å². The van der Waals surface area contributed by atoms with Crippen molar-refractivity contribution >= 4 is 11.5 Å². The molecule has 1 aromatic carbocycles. The van der Waals surface area contributed by atoms with Crippen molar-refractivity contribution < 1.29 is 31.1 Å². The van der Waals surface area contributed by atoms with Gasteiger partial charge in [0.2, 0.25) is 0 Å². The SMILES string of the molecule is CN/C=C(C(=O)N(C)Cc1cc(C(F)(F)F)cc(C(F)(F)F)c1)\C(=C/CN1CCN(C)CC1)c1cccnc1C. The van der Waals surface area contributed by atoms with Crippen molar-refractivity contribution in [1.29, 1.82) is 0 Å². The molecule has 0 spiro atoms. The van der Waals surface area contributed by atoms with Gasteiger partial charge in [-0.15, -0.1) is 0 Å². The molecule has 40 heavy (non-hydrogen) atoms. The Morgan fingerprint density at radius 3 is 2.17 bits per heavy atom. The molecular formula is C28H33F6N5O. The number of amides is 1. The van der Waals surface area contributed by atoms with Crippen LogP contribution in [0.2, 0.25) is 0 Å². The van der Waals surface area contributed by atoms with E-state index in [9.17, 15) is 31.1 Å². The summed E-state index contributed by atoms with van der Waals surface area (Å²) in [5, 5.41) is 2.85. The minimum atomic E-state index is -4.98. The van der Waals surface area contributed by atoms with Gasteiger partial charge in [-0.3, -0.25) is 14.7 Å². The molecule has 2 aromatic rings. The summed E-state index contributed by atoms with van der Waals surface area (Å²) >= 11 is 0. The number of hydrogen-bond acceptors (Lipinski definition) is 5. The molecule has 0 saturated carbocycles. The summed E-state index contributed by atoms with van der Waals surface area (Å²) in [7, 11) is 4.99. The van der Waals surface area contributed by atoms with Crippen molar-refractivity contribution in [3.63, 3.8) is 0 Å². The molecule has 1 saturated heterocycles. The van der Waals surface area contributed by atoms with E-state index in [1.165, 1.54) is 13.2 Å². The largest absolute Gasteiger partial charge is 0.416 e. The van der Waals surface area contributed by atoms with Crippen LogP contribution in [-0.2, 0) is 23.7 Å². The number of likely N-dealkylation sites (N-methyl/N-ethyl adjacent to an activating group) is 2. The highest BCUT2D eigenvalue weighted by Crippen LogP contribution is 2.37. The number of piperazine rings is 1. The van der Waals surface area contributed by atoms with E-state index in [4.69, 9.17) is 0 Å². The van der Waals surface area contributed by atoms with Crippen LogP contribution in [0.15, 0.2) is 54.4 Å². The molecule has 0 unspecified atom stereocenters. The normalized spacial score (nSPS) is 16.2. The molecular weight excluding hydrogens is 536 g/mol. The average molecular weight is 570 g/mol. The highest BCUT2D eigenvalue weighted by molar-refractivity contribution is 6.09. The first-order chi connectivity index (χ1) is 18.7. The van der Waals surface area contributed by atoms with E-state index in [0.29, 0.717) is 35.5 Å². The van der Waals surface area contributed by atoms with Gasteiger partial charge in [-0.2, -0.15) is 26.3 Å². The molecule has 218 valence electrons. The van der Waals surface area contributed by atoms with Crippen molar-refractivity contribution in [2.45, 2.75) is 25.8 Å². The number of aromatic nitrogens is 1. The van der Waals surface area contributed by atoms with Gasteiger partial charge in [-0.05, 0) is 49.4 Å². The van der Waals surface area contributed by atoms with Gasteiger partial charge >= 0.3 is 12.4 Å². The maximum atomic E-state index is 13.7. The van der Waals surface area contributed by atoms with E-state index >= 15 is 0 Å². The first-order valence-electron chi connectivity index (χ1n) is 12.7. The number of aryl methyl sites for hydroxylation is 1. The molecule has 12 heteroatoms. The second-order valence-corrected chi connectivity index (χ2v) is 9.78. The number of pyridine rings is 1. The molecule has 1 aliphatic heterocycles. The standard InChI is InChI=1S/C28H33F6N5O/c1-19-23(6-5-8-36-19)24(7-9-39-12-10-37(3)11-13-39)25(17-35-2)26(40)38(4)18-20-14-21(27(29,30)31)16-22(15-20)28(32,33)34/h5-8,14-17,35H,9-13,18H2,1-4H3/b24-7-,25-17+. The van der Waals surface area contributed by atoms with E-state index in [2.05, 4.69) is 20.1 Å².